The number of carboxylic acids is 1. The molecule has 20 heavy (non-hydrogen) atoms. The Morgan fingerprint density at radius 1 is 1.50 bits per heavy atom. The Hall–Kier alpha value is -2.58. The van der Waals surface area contributed by atoms with E-state index in [9.17, 15) is 14.4 Å². The smallest absolute Gasteiger partial charge is 0.326 e. The van der Waals surface area contributed by atoms with Crippen molar-refractivity contribution in [3.63, 3.8) is 0 Å². The molecule has 0 spiro atoms. The van der Waals surface area contributed by atoms with Crippen LogP contribution in [-0.2, 0) is 23.2 Å². The molecule has 0 saturated heterocycles. The highest BCUT2D eigenvalue weighted by Gasteiger charge is 2.20. The number of aromatic nitrogens is 2. The molecule has 0 aliphatic carbocycles. The van der Waals surface area contributed by atoms with Gasteiger partial charge in [0.15, 0.2) is 0 Å². The number of aliphatic carboxylic acids is 1. The maximum atomic E-state index is 11.6. The van der Waals surface area contributed by atoms with Gasteiger partial charge in [0.05, 0.1) is 6.54 Å². The van der Waals surface area contributed by atoms with Gasteiger partial charge in [0.25, 0.3) is 0 Å². The van der Waals surface area contributed by atoms with Crippen LogP contribution in [0.25, 0.3) is 0 Å². The quantitative estimate of drug-likeness (QED) is 0.505. The van der Waals surface area contributed by atoms with Gasteiger partial charge in [0, 0.05) is 25.9 Å². The summed E-state index contributed by atoms with van der Waals surface area (Å²) >= 11 is 0. The molecule has 1 aromatic rings. The average Bonchev–Trinajstić information content (AvgIpc) is 2.77. The van der Waals surface area contributed by atoms with Gasteiger partial charge in [-0.3, -0.25) is 4.79 Å². The third kappa shape index (κ3) is 4.96. The van der Waals surface area contributed by atoms with Crippen LogP contribution in [0.4, 0.5) is 4.79 Å². The van der Waals surface area contributed by atoms with Crippen LogP contribution in [-0.4, -0.2) is 38.6 Å². The molecule has 110 valence electrons. The van der Waals surface area contributed by atoms with E-state index in [1.165, 1.54) is 0 Å². The van der Waals surface area contributed by atoms with Crippen molar-refractivity contribution in [2.45, 2.75) is 25.4 Å². The number of carboxylic acid groups (broad SMARTS) is 1. The summed E-state index contributed by atoms with van der Waals surface area (Å²) in [6.07, 6.45) is 3.14. The summed E-state index contributed by atoms with van der Waals surface area (Å²) in [5.41, 5.74) is 4.94. The highest BCUT2D eigenvalue weighted by molar-refractivity contribution is 5.83. The number of imidazole rings is 1. The zero-order chi connectivity index (χ0) is 15.1. The Bertz CT molecular complexity index is 499. The minimum atomic E-state index is -1.22. The molecule has 0 aliphatic rings. The number of amides is 3. The minimum absolute atomic E-state index is 0.0551. The van der Waals surface area contributed by atoms with E-state index in [4.69, 9.17) is 10.8 Å². The number of rotatable bonds is 7. The van der Waals surface area contributed by atoms with Gasteiger partial charge in [-0.15, -0.1) is 0 Å². The van der Waals surface area contributed by atoms with Crippen LogP contribution in [0, 0.1) is 0 Å². The van der Waals surface area contributed by atoms with Gasteiger partial charge >= 0.3 is 12.0 Å². The summed E-state index contributed by atoms with van der Waals surface area (Å²) in [6, 6.07) is -1.81. The van der Waals surface area contributed by atoms with Gasteiger partial charge in [-0.1, -0.05) is 0 Å². The van der Waals surface area contributed by atoms with Gasteiger partial charge in [0.1, 0.15) is 11.9 Å². The molecular weight excluding hydrogens is 266 g/mol. The van der Waals surface area contributed by atoms with Gasteiger partial charge in [-0.2, -0.15) is 0 Å². The van der Waals surface area contributed by atoms with Crippen molar-refractivity contribution in [2.75, 3.05) is 0 Å². The number of aryl methyl sites for hydroxylation is 1. The van der Waals surface area contributed by atoms with Crippen molar-refractivity contribution in [2.24, 2.45) is 12.8 Å². The van der Waals surface area contributed by atoms with Crippen LogP contribution in [0.15, 0.2) is 12.4 Å². The Balaban J connectivity index is 2.43. The molecule has 0 unspecified atom stereocenters. The van der Waals surface area contributed by atoms with E-state index in [1.807, 2.05) is 0 Å². The van der Waals surface area contributed by atoms with Crippen LogP contribution in [0.1, 0.15) is 18.7 Å². The van der Waals surface area contributed by atoms with Crippen molar-refractivity contribution in [3.8, 4) is 0 Å². The normalized spacial score (nSPS) is 11.7. The number of carbonyl (C=O) groups is 3. The van der Waals surface area contributed by atoms with E-state index in [2.05, 4.69) is 15.6 Å². The SMILES string of the molecule is Cn1ccnc1CNC(=O)N[C@H](CCC(N)=O)C(=O)O. The average molecular weight is 283 g/mol. The second kappa shape index (κ2) is 7.12. The highest BCUT2D eigenvalue weighted by Crippen LogP contribution is 1.98. The van der Waals surface area contributed by atoms with Crippen LogP contribution in [0.5, 0.6) is 0 Å². The fraction of sp³-hybridized carbons (Fsp3) is 0.455. The van der Waals surface area contributed by atoms with Crippen molar-refractivity contribution in [3.05, 3.63) is 18.2 Å². The number of nitrogens with two attached hydrogens (primary N) is 1. The monoisotopic (exact) mass is 283 g/mol. The Morgan fingerprint density at radius 3 is 2.70 bits per heavy atom. The lowest BCUT2D eigenvalue weighted by Gasteiger charge is -2.14. The van der Waals surface area contributed by atoms with Crippen molar-refractivity contribution in [1.82, 2.24) is 20.2 Å². The van der Waals surface area contributed by atoms with Gasteiger partial charge < -0.3 is 26.0 Å². The lowest BCUT2D eigenvalue weighted by Crippen LogP contribution is -2.46. The molecule has 3 amide bonds. The molecule has 1 heterocycles. The lowest BCUT2D eigenvalue weighted by molar-refractivity contribution is -0.139. The molecular formula is C11H17N5O4. The van der Waals surface area contributed by atoms with Crippen molar-refractivity contribution < 1.29 is 19.5 Å². The molecule has 0 aliphatic heterocycles. The minimum Gasteiger partial charge on any atom is -0.480 e. The third-order valence-electron chi connectivity index (χ3n) is 2.61. The number of nitrogens with zero attached hydrogens (tertiary/aromatic N) is 2. The maximum absolute atomic E-state index is 11.6. The van der Waals surface area contributed by atoms with Crippen LogP contribution >= 0.6 is 0 Å². The van der Waals surface area contributed by atoms with E-state index >= 15 is 0 Å². The fourth-order valence-electron chi connectivity index (χ4n) is 1.48. The maximum Gasteiger partial charge on any atom is 0.326 e. The predicted molar refractivity (Wildman–Crippen MR) is 68.4 cm³/mol. The molecule has 9 nitrogen and oxygen atoms in total. The number of carbonyl (C=O) groups excluding carboxylic acids is 2. The largest absolute Gasteiger partial charge is 0.480 e. The van der Waals surface area contributed by atoms with Crippen molar-refractivity contribution in [1.29, 1.82) is 0 Å². The molecule has 0 saturated carbocycles. The number of hydrogen-bond acceptors (Lipinski definition) is 4. The Morgan fingerprint density at radius 2 is 2.20 bits per heavy atom. The molecule has 1 rings (SSSR count). The van der Waals surface area contributed by atoms with Crippen LogP contribution in [0.3, 0.4) is 0 Å². The molecule has 0 bridgehead atoms. The predicted octanol–water partition coefficient (Wildman–Crippen LogP) is -1.06. The first-order valence-electron chi connectivity index (χ1n) is 5.92. The van der Waals surface area contributed by atoms with Crippen LogP contribution in [0.2, 0.25) is 0 Å². The molecule has 0 radical (unpaired) electrons. The second-order valence-electron chi connectivity index (χ2n) is 4.18. The lowest BCUT2D eigenvalue weighted by atomic mass is 10.1. The van der Waals surface area contributed by atoms with Gasteiger partial charge in [0.2, 0.25) is 5.91 Å². The molecule has 1 atom stereocenters. The molecule has 0 aromatic carbocycles. The zero-order valence-corrected chi connectivity index (χ0v) is 11.0. The number of urea groups is 1. The van der Waals surface area contributed by atoms with E-state index in [-0.39, 0.29) is 19.4 Å². The summed E-state index contributed by atoms with van der Waals surface area (Å²) in [5.74, 6) is -1.21. The number of nitrogens with one attached hydrogen (secondary N) is 2. The summed E-state index contributed by atoms with van der Waals surface area (Å²) < 4.78 is 1.72. The first kappa shape index (κ1) is 15.5. The third-order valence-corrected chi connectivity index (χ3v) is 2.61. The Labute approximate surface area is 115 Å². The molecule has 9 heteroatoms. The van der Waals surface area contributed by atoms with E-state index in [1.54, 1.807) is 24.0 Å². The van der Waals surface area contributed by atoms with Gasteiger partial charge in [-0.05, 0) is 6.42 Å². The molecule has 1 aromatic heterocycles. The number of primary amides is 1. The van der Waals surface area contributed by atoms with Crippen molar-refractivity contribution >= 4 is 17.9 Å². The van der Waals surface area contributed by atoms with E-state index in [0.29, 0.717) is 5.82 Å². The summed E-state index contributed by atoms with van der Waals surface area (Å²) in [6.45, 7) is 0.164. The summed E-state index contributed by atoms with van der Waals surface area (Å²) in [4.78, 5) is 37.1. The van der Waals surface area contributed by atoms with E-state index < -0.39 is 23.9 Å². The number of hydrogen-bond donors (Lipinski definition) is 4. The zero-order valence-electron chi connectivity index (χ0n) is 11.0. The first-order valence-corrected chi connectivity index (χ1v) is 5.92. The first-order chi connectivity index (χ1) is 9.40. The highest BCUT2D eigenvalue weighted by atomic mass is 16.4. The fourth-order valence-corrected chi connectivity index (χ4v) is 1.48. The van der Waals surface area contributed by atoms with E-state index in [0.717, 1.165) is 0 Å². The van der Waals surface area contributed by atoms with Gasteiger partial charge in [-0.25, -0.2) is 14.6 Å². The second-order valence-corrected chi connectivity index (χ2v) is 4.18. The topological polar surface area (TPSA) is 139 Å². The van der Waals surface area contributed by atoms with Crippen LogP contribution < -0.4 is 16.4 Å². The molecule has 0 fully saturated rings. The standard InChI is InChI=1S/C11H17N5O4/c1-16-5-4-13-9(16)6-14-11(20)15-7(10(18)19)2-3-8(12)17/h4-5,7H,2-3,6H2,1H3,(H2,12,17)(H,18,19)(H2,14,15,20)/t7-/m1/s1. The molecule has 5 N–H and O–H groups in total. The summed E-state index contributed by atoms with van der Waals surface area (Å²) in [5, 5.41) is 13.7. The Kier molecular flexibility index (Phi) is 5.51. The summed E-state index contributed by atoms with van der Waals surface area (Å²) in [7, 11) is 1.77.